The first kappa shape index (κ1) is 110. The molecule has 5 saturated heterocycles. The normalized spacial score (nSPS) is 32.4. The zero-order chi connectivity index (χ0) is 92.0. The first-order chi connectivity index (χ1) is 59.0. The Morgan fingerprint density at radius 2 is 0.758 bits per heavy atom. The summed E-state index contributed by atoms with van der Waals surface area (Å²) in [6.45, 7) is 0.0141. The van der Waals surface area contributed by atoms with Gasteiger partial charge in [-0.15, -0.1) is 0 Å². The van der Waals surface area contributed by atoms with Crippen LogP contribution in [0.3, 0.4) is 0 Å². The molecule has 24 N–H and O–H groups in total. The van der Waals surface area contributed by atoms with E-state index in [9.17, 15) is 136 Å². The molecule has 0 aromatic carbocycles. The summed E-state index contributed by atoms with van der Waals surface area (Å²) >= 11 is 0. The molecule has 41 heteroatoms. The molecule has 0 aromatic rings. The van der Waals surface area contributed by atoms with Crippen LogP contribution in [0.1, 0.15) is 259 Å². The fraction of sp³-hybridized carbons (Fsp3) is 0.916. The van der Waals surface area contributed by atoms with Gasteiger partial charge in [0.15, 0.2) is 12.6 Å². The SMILES string of the molecule is CCCCCCCCCCCCCCCCCCCC(=O)N[C@@H](CO[C@@H]1O[C@H](CO)[C@@H](O[C@@H]2O[C@H](CO)[C@H](O)[C@H](O[C@]3(C(=O)O)C[C@H](O)[C@@H](NC(C)=O)C([C@H](O)[C@@H](CO)O[C@]4(C(=O)O)C[C@H](O)[C@@H](NC(C)=O)C([C@H](O)[C@@H](CO)O[C@]5(C(=O)O)C[C@H](O)[C@@H](NC(C)=O)C([C@H](O)[C@H](O)CO)O5)O4)O3)[C@H]2O)[C@H](O)[C@H]1O)[C@H](O)CCCCCCCCCCCCCCC. The van der Waals surface area contributed by atoms with Gasteiger partial charge in [-0.3, -0.25) is 19.2 Å². The number of carboxylic acid groups (broad SMARTS) is 3. The maximum Gasteiger partial charge on any atom is 0.364 e. The zero-order valence-electron chi connectivity index (χ0n) is 72.5. The summed E-state index contributed by atoms with van der Waals surface area (Å²) in [4.78, 5) is 92.2. The monoisotopic (exact) mass is 1790 g/mol. The third-order valence-corrected chi connectivity index (χ3v) is 23.8. The molecule has 5 rings (SSSR count). The summed E-state index contributed by atoms with van der Waals surface area (Å²) in [6.07, 6.45) is -21.3. The molecule has 124 heavy (non-hydrogen) atoms. The predicted molar refractivity (Wildman–Crippen MR) is 434 cm³/mol. The van der Waals surface area contributed by atoms with E-state index in [1.165, 1.54) is 116 Å². The second-order valence-electron chi connectivity index (χ2n) is 33.9. The fourth-order valence-corrected chi connectivity index (χ4v) is 16.8. The van der Waals surface area contributed by atoms with Crippen molar-refractivity contribution in [1.29, 1.82) is 0 Å². The van der Waals surface area contributed by atoms with Crippen LogP contribution in [-0.2, 0) is 80.9 Å². The van der Waals surface area contributed by atoms with Crippen LogP contribution in [0.5, 0.6) is 0 Å². The molecule has 5 fully saturated rings. The van der Waals surface area contributed by atoms with Gasteiger partial charge in [0, 0.05) is 46.5 Å². The maximum atomic E-state index is 13.8. The molecule has 30 atom stereocenters. The minimum Gasteiger partial charge on any atom is -0.477 e. The molecule has 0 spiro atoms. The smallest absolute Gasteiger partial charge is 0.364 e. The Balaban J connectivity index is 1.34. The van der Waals surface area contributed by atoms with Crippen LogP contribution in [0.4, 0.5) is 0 Å². The topological polar surface area (TPSA) is 665 Å². The average Bonchev–Trinajstić information content (AvgIpc) is 0.751. The highest BCUT2D eigenvalue weighted by atomic mass is 16.8. The third kappa shape index (κ3) is 32.9. The summed E-state index contributed by atoms with van der Waals surface area (Å²) in [6, 6.07) is -6.93. The first-order valence-electron chi connectivity index (χ1n) is 44.7. The van der Waals surface area contributed by atoms with E-state index in [1.807, 2.05) is 0 Å². The molecular weight excluding hydrogens is 1640 g/mol. The molecule has 0 saturated carbocycles. The lowest BCUT2D eigenvalue weighted by molar-refractivity contribution is -0.388. The number of ether oxygens (including phenoxy) is 10. The summed E-state index contributed by atoms with van der Waals surface area (Å²) in [5.41, 5.74) is 0. The first-order valence-corrected chi connectivity index (χ1v) is 44.7. The highest BCUT2D eigenvalue weighted by Gasteiger charge is 2.64. The van der Waals surface area contributed by atoms with Crippen molar-refractivity contribution in [1.82, 2.24) is 21.3 Å². The highest BCUT2D eigenvalue weighted by Crippen LogP contribution is 2.43. The lowest BCUT2D eigenvalue weighted by atomic mass is 9.86. The summed E-state index contributed by atoms with van der Waals surface area (Å²) in [7, 11) is 0. The van der Waals surface area contributed by atoms with Crippen LogP contribution in [-0.4, -0.2) is 366 Å². The third-order valence-electron chi connectivity index (χ3n) is 23.8. The minimum atomic E-state index is -3.57. The van der Waals surface area contributed by atoms with Gasteiger partial charge in [0.2, 0.25) is 23.6 Å². The second-order valence-corrected chi connectivity index (χ2v) is 33.9. The van der Waals surface area contributed by atoms with Gasteiger partial charge < -0.3 is 171 Å². The molecule has 722 valence electrons. The average molecular weight is 1790 g/mol. The van der Waals surface area contributed by atoms with Crippen molar-refractivity contribution in [3.8, 4) is 0 Å². The molecule has 41 nitrogen and oxygen atoms in total. The van der Waals surface area contributed by atoms with E-state index in [-0.39, 0.29) is 18.7 Å². The second kappa shape index (κ2) is 56.1. The molecule has 5 aliphatic rings. The number of rotatable bonds is 62. The Morgan fingerprint density at radius 1 is 0.403 bits per heavy atom. The molecule has 5 heterocycles. The number of unbranched alkanes of at least 4 members (excludes halogenated alkanes) is 28. The van der Waals surface area contributed by atoms with Crippen LogP contribution in [0.15, 0.2) is 0 Å². The van der Waals surface area contributed by atoms with Crippen LogP contribution >= 0.6 is 0 Å². The molecular formula is C83H148N4O37. The van der Waals surface area contributed by atoms with Crippen molar-refractivity contribution in [2.45, 2.75) is 442 Å². The van der Waals surface area contributed by atoms with E-state index in [4.69, 9.17) is 47.4 Å². The number of amides is 4. The number of aliphatic hydroxyl groups is 17. The molecule has 4 amide bonds. The van der Waals surface area contributed by atoms with Gasteiger partial charge in [-0.05, 0) is 12.8 Å². The summed E-state index contributed by atoms with van der Waals surface area (Å²) in [5, 5.41) is 235. The number of carbonyl (C=O) groups is 7. The number of nitrogens with one attached hydrogen (secondary N) is 4. The quantitative estimate of drug-likeness (QED) is 0.0309. The zero-order valence-corrected chi connectivity index (χ0v) is 72.5. The Bertz CT molecular complexity index is 3090. The number of carboxylic acids is 3. The van der Waals surface area contributed by atoms with Gasteiger partial charge in [0.1, 0.15) is 104 Å². The fourth-order valence-electron chi connectivity index (χ4n) is 16.8. The molecule has 0 radical (unpaired) electrons. The van der Waals surface area contributed by atoms with E-state index in [2.05, 4.69) is 35.1 Å². The molecule has 0 aliphatic carbocycles. The van der Waals surface area contributed by atoms with E-state index in [0.29, 0.717) is 12.8 Å². The Kier molecular flexibility index (Phi) is 49.6. The number of hydrogen-bond donors (Lipinski definition) is 24. The van der Waals surface area contributed by atoms with Gasteiger partial charge in [0.25, 0.3) is 17.4 Å². The van der Waals surface area contributed by atoms with Crippen molar-refractivity contribution < 1.29 is 183 Å². The summed E-state index contributed by atoms with van der Waals surface area (Å²) < 4.78 is 58.3. The summed E-state index contributed by atoms with van der Waals surface area (Å²) in [5.74, 6) is -20.5. The molecule has 0 bridgehead atoms. The largest absolute Gasteiger partial charge is 0.477 e. The van der Waals surface area contributed by atoms with Crippen molar-refractivity contribution >= 4 is 41.5 Å². The van der Waals surface area contributed by atoms with Crippen molar-refractivity contribution in [2.24, 2.45) is 0 Å². The van der Waals surface area contributed by atoms with Gasteiger partial charge in [-0.25, -0.2) is 14.4 Å². The van der Waals surface area contributed by atoms with Gasteiger partial charge >= 0.3 is 17.9 Å². The van der Waals surface area contributed by atoms with Crippen LogP contribution in [0, 0.1) is 0 Å². The number of aliphatic carboxylic acids is 3. The lowest BCUT2D eigenvalue weighted by Gasteiger charge is -2.51. The molecule has 0 aromatic heterocycles. The van der Waals surface area contributed by atoms with E-state index in [1.54, 1.807) is 0 Å². The predicted octanol–water partition coefficient (Wildman–Crippen LogP) is -1.48. The van der Waals surface area contributed by atoms with Crippen molar-refractivity contribution in [3.63, 3.8) is 0 Å². The molecule has 3 unspecified atom stereocenters. The van der Waals surface area contributed by atoms with Crippen LogP contribution < -0.4 is 21.3 Å². The standard InChI is InChI=1S/C83H148N4O37/c1-6-8-10-12-14-16-18-20-21-22-23-25-27-29-31-33-35-37-60(101)87-50(51(96)36-34-32-30-28-26-24-19-17-15-13-11-9-7-2)46-115-76-69(107)68(106)71(59(45-92)117-76)118-77-70(108)75(65(103)56(42-89)116-77)124-83(80(113)114)40-54(99)63(86-49(5)95)74(123-83)67(105)58(44-91)120-82(79(111)112)39-53(98)62(85-48(4)94)73(122-82)66(104)57(43-90)119-81(78(109)110)38-52(97)61(84-47(3)93)72(121-81)64(102)55(100)41-88/h50-59,61-77,88-92,96-100,102-108H,6-46H2,1-5H3,(H,84,93)(H,85,94)(H,86,95)(H,87,101)(H,109,110)(H,111,112)(H,113,114)/t50-,51+,52-,53-,54-,55+,56+,57+,58+,59+,61+,62+,63+,64+,65-,66+,67+,68+,69+,70+,71+,72?,73?,74?,75-,76+,77-,81+,82+,83-/m0/s1. The van der Waals surface area contributed by atoms with Gasteiger partial charge in [-0.1, -0.05) is 200 Å². The Hall–Kier alpha value is -4.79. The van der Waals surface area contributed by atoms with Crippen molar-refractivity contribution in [2.75, 3.05) is 39.6 Å². The number of aliphatic hydroxyl groups excluding tert-OH is 17. The van der Waals surface area contributed by atoms with Gasteiger partial charge in [-0.2, -0.15) is 0 Å². The maximum absolute atomic E-state index is 13.8. The Morgan fingerprint density at radius 3 is 1.12 bits per heavy atom. The van der Waals surface area contributed by atoms with Crippen molar-refractivity contribution in [3.05, 3.63) is 0 Å². The Labute approximate surface area is 724 Å². The number of hydrogen-bond acceptors (Lipinski definition) is 34. The van der Waals surface area contributed by atoms with Gasteiger partial charge in [0.05, 0.1) is 88.2 Å². The van der Waals surface area contributed by atoms with E-state index in [0.717, 1.165) is 85.0 Å². The van der Waals surface area contributed by atoms with E-state index < -0.39 is 277 Å². The lowest BCUT2D eigenvalue weighted by Crippen LogP contribution is -2.72. The number of carbonyl (C=O) groups excluding carboxylic acids is 4. The highest BCUT2D eigenvalue weighted by molar-refractivity contribution is 5.79. The molecule has 5 aliphatic heterocycles. The van der Waals surface area contributed by atoms with E-state index >= 15 is 0 Å². The minimum absolute atomic E-state index is 0.147. The van der Waals surface area contributed by atoms with Crippen LogP contribution in [0.25, 0.3) is 0 Å². The van der Waals surface area contributed by atoms with Crippen LogP contribution in [0.2, 0.25) is 0 Å².